The molecule has 2 aromatic carbocycles. The quantitative estimate of drug-likeness (QED) is 0.574. The largest absolute Gasteiger partial charge is 0.460 e. The molecule has 0 saturated heterocycles. The minimum absolute atomic E-state index is 0.00613. The highest BCUT2D eigenvalue weighted by atomic mass is 35.5. The van der Waals surface area contributed by atoms with E-state index in [4.69, 9.17) is 16.0 Å². The third kappa shape index (κ3) is 2.58. The zero-order valence-corrected chi connectivity index (χ0v) is 13.1. The first-order valence-electron chi connectivity index (χ1n) is 7.03. The molecule has 0 saturated carbocycles. The van der Waals surface area contributed by atoms with E-state index in [9.17, 15) is 4.79 Å². The predicted octanol–water partition coefficient (Wildman–Crippen LogP) is 5.78. The van der Waals surface area contributed by atoms with Gasteiger partial charge in [-0.3, -0.25) is 4.79 Å². The van der Waals surface area contributed by atoms with Crippen LogP contribution in [0.15, 0.2) is 59.0 Å². The lowest BCUT2D eigenvalue weighted by Crippen LogP contribution is -1.95. The summed E-state index contributed by atoms with van der Waals surface area (Å²) >= 11 is 5.97. The van der Waals surface area contributed by atoms with Gasteiger partial charge in [0.1, 0.15) is 11.5 Å². The maximum atomic E-state index is 12.1. The standard InChI is InChI=1S/C19H15ClO2/c1-12(21)17-13(2)22-19(15-6-4-3-5-7-15)18(17)14-8-10-16(20)11-9-14/h3-11H,1-2H3. The molecule has 0 bridgehead atoms. The van der Waals surface area contributed by atoms with Gasteiger partial charge in [0.25, 0.3) is 0 Å². The Morgan fingerprint density at radius 2 is 1.59 bits per heavy atom. The van der Waals surface area contributed by atoms with Gasteiger partial charge in [-0.2, -0.15) is 0 Å². The second-order valence-electron chi connectivity index (χ2n) is 5.17. The molecule has 0 aliphatic heterocycles. The first-order valence-corrected chi connectivity index (χ1v) is 7.41. The summed E-state index contributed by atoms with van der Waals surface area (Å²) in [6, 6.07) is 17.3. The molecule has 0 unspecified atom stereocenters. The smallest absolute Gasteiger partial charge is 0.163 e. The van der Waals surface area contributed by atoms with E-state index in [0.717, 1.165) is 16.7 Å². The molecule has 0 amide bonds. The summed E-state index contributed by atoms with van der Waals surface area (Å²) in [5.41, 5.74) is 3.32. The first kappa shape index (κ1) is 14.6. The molecule has 1 aromatic heterocycles. The number of carbonyl (C=O) groups excluding carboxylic acids is 1. The second kappa shape index (κ2) is 5.82. The van der Waals surface area contributed by atoms with Crippen LogP contribution >= 0.6 is 11.6 Å². The summed E-state index contributed by atoms with van der Waals surface area (Å²) in [6.45, 7) is 3.38. The van der Waals surface area contributed by atoms with Gasteiger partial charge in [0.2, 0.25) is 0 Å². The van der Waals surface area contributed by atoms with E-state index in [2.05, 4.69) is 0 Å². The lowest BCUT2D eigenvalue weighted by Gasteiger charge is -2.05. The van der Waals surface area contributed by atoms with Gasteiger partial charge in [-0.1, -0.05) is 54.1 Å². The number of rotatable bonds is 3. The molecule has 0 radical (unpaired) electrons. The SMILES string of the molecule is CC(=O)c1c(C)oc(-c2ccccc2)c1-c1ccc(Cl)cc1. The van der Waals surface area contributed by atoms with Crippen LogP contribution < -0.4 is 0 Å². The summed E-state index contributed by atoms with van der Waals surface area (Å²) in [5, 5.41) is 0.662. The third-order valence-corrected chi connectivity index (χ3v) is 3.86. The highest BCUT2D eigenvalue weighted by molar-refractivity contribution is 6.30. The van der Waals surface area contributed by atoms with Gasteiger partial charge in [0.05, 0.1) is 5.56 Å². The average molecular weight is 311 g/mol. The number of Topliss-reactive ketones (excluding diaryl/α,β-unsaturated/α-hetero) is 1. The van der Waals surface area contributed by atoms with Crippen molar-refractivity contribution in [2.24, 2.45) is 0 Å². The highest BCUT2D eigenvalue weighted by Crippen LogP contribution is 2.39. The maximum absolute atomic E-state index is 12.1. The van der Waals surface area contributed by atoms with Crippen LogP contribution in [0.3, 0.4) is 0 Å². The molecule has 0 atom stereocenters. The Morgan fingerprint density at radius 1 is 0.955 bits per heavy atom. The van der Waals surface area contributed by atoms with Crippen LogP contribution in [0.4, 0.5) is 0 Å². The van der Waals surface area contributed by atoms with Crippen molar-refractivity contribution in [3.63, 3.8) is 0 Å². The van der Waals surface area contributed by atoms with Crippen molar-refractivity contribution >= 4 is 17.4 Å². The Hall–Kier alpha value is -2.32. The van der Waals surface area contributed by atoms with E-state index in [1.54, 1.807) is 6.92 Å². The van der Waals surface area contributed by atoms with E-state index in [1.165, 1.54) is 0 Å². The van der Waals surface area contributed by atoms with E-state index >= 15 is 0 Å². The van der Waals surface area contributed by atoms with Crippen LogP contribution in [-0.2, 0) is 0 Å². The van der Waals surface area contributed by atoms with Crippen molar-refractivity contribution in [2.75, 3.05) is 0 Å². The number of halogens is 1. The normalized spacial score (nSPS) is 10.7. The van der Waals surface area contributed by atoms with Crippen LogP contribution in [0.1, 0.15) is 23.0 Å². The van der Waals surface area contributed by atoms with Gasteiger partial charge in [0.15, 0.2) is 5.78 Å². The lowest BCUT2D eigenvalue weighted by atomic mass is 9.95. The van der Waals surface area contributed by atoms with E-state index in [0.29, 0.717) is 22.1 Å². The first-order chi connectivity index (χ1) is 10.6. The summed E-state index contributed by atoms with van der Waals surface area (Å²) < 4.78 is 5.92. The molecule has 0 aliphatic carbocycles. The monoisotopic (exact) mass is 310 g/mol. The van der Waals surface area contributed by atoms with Crippen molar-refractivity contribution in [3.8, 4) is 22.5 Å². The molecule has 0 aliphatic rings. The number of furan rings is 1. The number of aryl methyl sites for hydroxylation is 1. The summed E-state index contributed by atoms with van der Waals surface area (Å²) in [5.74, 6) is 1.34. The summed E-state index contributed by atoms with van der Waals surface area (Å²) in [4.78, 5) is 12.1. The fourth-order valence-corrected chi connectivity index (χ4v) is 2.78. The molecule has 3 heteroatoms. The highest BCUT2D eigenvalue weighted by Gasteiger charge is 2.23. The Bertz CT molecular complexity index is 815. The van der Waals surface area contributed by atoms with Crippen molar-refractivity contribution in [2.45, 2.75) is 13.8 Å². The molecule has 3 rings (SSSR count). The van der Waals surface area contributed by atoms with Crippen LogP contribution in [0.25, 0.3) is 22.5 Å². The molecule has 3 aromatic rings. The van der Waals surface area contributed by atoms with Crippen molar-refractivity contribution < 1.29 is 9.21 Å². The molecular formula is C19H15ClO2. The van der Waals surface area contributed by atoms with Crippen LogP contribution in [0, 0.1) is 6.92 Å². The van der Waals surface area contributed by atoms with Gasteiger partial charge in [-0.15, -0.1) is 0 Å². The van der Waals surface area contributed by atoms with Gasteiger partial charge >= 0.3 is 0 Å². The number of carbonyl (C=O) groups is 1. The minimum Gasteiger partial charge on any atom is -0.460 e. The van der Waals surface area contributed by atoms with Crippen molar-refractivity contribution in [1.29, 1.82) is 0 Å². The fraction of sp³-hybridized carbons (Fsp3) is 0.105. The lowest BCUT2D eigenvalue weighted by molar-refractivity contribution is 0.101. The van der Waals surface area contributed by atoms with Crippen molar-refractivity contribution in [3.05, 3.63) is 70.9 Å². The van der Waals surface area contributed by atoms with Crippen LogP contribution in [-0.4, -0.2) is 5.78 Å². The number of hydrogen-bond acceptors (Lipinski definition) is 2. The number of ketones is 1. The fourth-order valence-electron chi connectivity index (χ4n) is 2.65. The predicted molar refractivity (Wildman–Crippen MR) is 89.3 cm³/mol. The molecular weight excluding hydrogens is 296 g/mol. The van der Waals surface area contributed by atoms with Gasteiger partial charge in [-0.25, -0.2) is 0 Å². The average Bonchev–Trinajstić information content (AvgIpc) is 2.86. The van der Waals surface area contributed by atoms with E-state index < -0.39 is 0 Å². The molecule has 0 spiro atoms. The van der Waals surface area contributed by atoms with Crippen LogP contribution in [0.5, 0.6) is 0 Å². The molecule has 0 N–H and O–H groups in total. The van der Waals surface area contributed by atoms with Gasteiger partial charge < -0.3 is 4.42 Å². The van der Waals surface area contributed by atoms with Crippen molar-refractivity contribution in [1.82, 2.24) is 0 Å². The van der Waals surface area contributed by atoms with Gasteiger partial charge in [-0.05, 0) is 31.5 Å². The summed E-state index contributed by atoms with van der Waals surface area (Å²) in [7, 11) is 0. The molecule has 22 heavy (non-hydrogen) atoms. The maximum Gasteiger partial charge on any atom is 0.163 e. The second-order valence-corrected chi connectivity index (χ2v) is 5.60. The summed E-state index contributed by atoms with van der Waals surface area (Å²) in [6.07, 6.45) is 0. The number of benzene rings is 2. The van der Waals surface area contributed by atoms with Gasteiger partial charge in [0, 0.05) is 16.1 Å². The molecule has 2 nitrogen and oxygen atoms in total. The molecule has 0 fully saturated rings. The van der Waals surface area contributed by atoms with E-state index in [-0.39, 0.29) is 5.78 Å². The Labute approximate surface area is 134 Å². The minimum atomic E-state index is -0.00613. The Morgan fingerprint density at radius 3 is 2.18 bits per heavy atom. The zero-order valence-electron chi connectivity index (χ0n) is 12.4. The van der Waals surface area contributed by atoms with Crippen LogP contribution in [0.2, 0.25) is 5.02 Å². The molecule has 1 heterocycles. The Kier molecular flexibility index (Phi) is 3.86. The number of hydrogen-bond donors (Lipinski definition) is 0. The van der Waals surface area contributed by atoms with E-state index in [1.807, 2.05) is 61.5 Å². The zero-order chi connectivity index (χ0) is 15.7. The topological polar surface area (TPSA) is 30.2 Å². The molecule has 110 valence electrons. The third-order valence-electron chi connectivity index (χ3n) is 3.61. The Balaban J connectivity index is 2.30.